The summed E-state index contributed by atoms with van der Waals surface area (Å²) in [4.78, 5) is 11.3. The fourth-order valence-electron chi connectivity index (χ4n) is 2.26. The second kappa shape index (κ2) is 13.0. The first-order valence-electron chi connectivity index (χ1n) is 8.09. The van der Waals surface area contributed by atoms with Crippen LogP contribution >= 0.6 is 0 Å². The molecule has 1 atom stereocenters. The summed E-state index contributed by atoms with van der Waals surface area (Å²) in [6.45, 7) is 10.2. The van der Waals surface area contributed by atoms with Crippen molar-refractivity contribution in [3.63, 3.8) is 0 Å². The first-order chi connectivity index (χ1) is 9.61. The van der Waals surface area contributed by atoms with Crippen LogP contribution in [-0.2, 0) is 9.53 Å². The molecule has 0 radical (unpaired) electrons. The molecule has 0 bridgehead atoms. The Morgan fingerprint density at radius 3 is 2.50 bits per heavy atom. The van der Waals surface area contributed by atoms with E-state index in [9.17, 15) is 4.79 Å². The summed E-state index contributed by atoms with van der Waals surface area (Å²) in [6.07, 6.45) is 14.0. The van der Waals surface area contributed by atoms with Gasteiger partial charge < -0.3 is 4.74 Å². The van der Waals surface area contributed by atoms with Gasteiger partial charge in [-0.15, -0.1) is 0 Å². The topological polar surface area (TPSA) is 26.3 Å². The molecule has 2 heteroatoms. The van der Waals surface area contributed by atoms with Crippen molar-refractivity contribution < 1.29 is 9.53 Å². The van der Waals surface area contributed by atoms with Crippen LogP contribution in [0.4, 0.5) is 0 Å². The number of hydrogen-bond acceptors (Lipinski definition) is 2. The van der Waals surface area contributed by atoms with Crippen molar-refractivity contribution in [1.29, 1.82) is 0 Å². The summed E-state index contributed by atoms with van der Waals surface area (Å²) in [5, 5.41) is 0. The number of unbranched alkanes of at least 4 members (excludes halogenated alkanes) is 2. The highest BCUT2D eigenvalue weighted by Crippen LogP contribution is 2.19. The van der Waals surface area contributed by atoms with E-state index < -0.39 is 0 Å². The minimum atomic E-state index is -0.259. The highest BCUT2D eigenvalue weighted by atomic mass is 16.5. The van der Waals surface area contributed by atoms with Crippen molar-refractivity contribution >= 4 is 5.97 Å². The second-order valence-corrected chi connectivity index (χ2v) is 5.52. The maximum absolute atomic E-state index is 11.3. The normalized spacial score (nSPS) is 12.6. The van der Waals surface area contributed by atoms with Crippen molar-refractivity contribution in [2.24, 2.45) is 5.92 Å². The zero-order valence-electron chi connectivity index (χ0n) is 13.6. The molecule has 0 saturated heterocycles. The van der Waals surface area contributed by atoms with Crippen LogP contribution in [-0.4, -0.2) is 12.6 Å². The van der Waals surface area contributed by atoms with Crippen molar-refractivity contribution in [1.82, 2.24) is 0 Å². The van der Waals surface area contributed by atoms with Crippen LogP contribution in [0.3, 0.4) is 0 Å². The summed E-state index contributed by atoms with van der Waals surface area (Å²) in [7, 11) is 0. The van der Waals surface area contributed by atoms with Gasteiger partial charge in [-0.05, 0) is 38.5 Å². The number of esters is 1. The fraction of sp³-hybridized carbons (Fsp3) is 0.722. The third kappa shape index (κ3) is 10.8. The van der Waals surface area contributed by atoms with Crippen LogP contribution in [0, 0.1) is 5.92 Å². The smallest absolute Gasteiger partial charge is 0.333 e. The number of ether oxygens (including phenoxy) is 1. The minimum absolute atomic E-state index is 0.259. The lowest BCUT2D eigenvalue weighted by atomic mass is 9.93. The maximum atomic E-state index is 11.3. The van der Waals surface area contributed by atoms with Gasteiger partial charge in [0.1, 0.15) is 0 Å². The molecule has 20 heavy (non-hydrogen) atoms. The molecule has 0 aromatic rings. The Balaban J connectivity index is 3.78. The van der Waals surface area contributed by atoms with Crippen LogP contribution in [0.25, 0.3) is 0 Å². The van der Waals surface area contributed by atoms with Gasteiger partial charge >= 0.3 is 5.97 Å². The fourth-order valence-corrected chi connectivity index (χ4v) is 2.26. The molecule has 0 aliphatic rings. The quantitative estimate of drug-likeness (QED) is 0.206. The zero-order valence-corrected chi connectivity index (χ0v) is 13.6. The molecule has 0 saturated carbocycles. The monoisotopic (exact) mass is 280 g/mol. The molecule has 0 amide bonds. The predicted octanol–water partition coefficient (Wildman–Crippen LogP) is 5.44. The second-order valence-electron chi connectivity index (χ2n) is 5.52. The van der Waals surface area contributed by atoms with Crippen molar-refractivity contribution in [3.05, 3.63) is 24.3 Å². The van der Waals surface area contributed by atoms with Gasteiger partial charge in [0, 0.05) is 5.57 Å². The Hall–Kier alpha value is -1.05. The van der Waals surface area contributed by atoms with Gasteiger partial charge in [-0.3, -0.25) is 0 Å². The molecule has 116 valence electrons. The Labute approximate surface area is 125 Å². The third-order valence-corrected chi connectivity index (χ3v) is 3.44. The average molecular weight is 280 g/mol. The lowest BCUT2D eigenvalue weighted by Gasteiger charge is -2.15. The van der Waals surface area contributed by atoms with E-state index in [-0.39, 0.29) is 5.97 Å². The molecule has 0 fully saturated rings. The molecule has 1 unspecified atom stereocenters. The summed E-state index contributed by atoms with van der Waals surface area (Å²) in [5.41, 5.74) is 0.486. The van der Waals surface area contributed by atoms with Gasteiger partial charge in [0.2, 0.25) is 0 Å². The Bertz CT molecular complexity index is 292. The predicted molar refractivity (Wildman–Crippen MR) is 86.7 cm³/mol. The van der Waals surface area contributed by atoms with E-state index in [1.807, 2.05) is 0 Å². The molecule has 2 nitrogen and oxygen atoms in total. The molecular formula is C18H32O2. The van der Waals surface area contributed by atoms with Crippen molar-refractivity contribution in [2.75, 3.05) is 6.61 Å². The summed E-state index contributed by atoms with van der Waals surface area (Å²) in [6, 6.07) is 0. The van der Waals surface area contributed by atoms with Crippen molar-refractivity contribution in [3.8, 4) is 0 Å². The van der Waals surface area contributed by atoms with Gasteiger partial charge in [0.25, 0.3) is 0 Å². The summed E-state index contributed by atoms with van der Waals surface area (Å²) < 4.78 is 5.19. The van der Waals surface area contributed by atoms with Gasteiger partial charge in [-0.2, -0.15) is 0 Å². The van der Waals surface area contributed by atoms with Crippen LogP contribution < -0.4 is 0 Å². The standard InChI is InChI=1S/C18H32O2/c1-5-7-8-9-10-11-13-17(12-6-2)14-15-20-18(19)16(3)4/h7-8,17H,3,5-6,9-15H2,1-2,4H3. The lowest BCUT2D eigenvalue weighted by molar-refractivity contribution is -0.139. The lowest BCUT2D eigenvalue weighted by Crippen LogP contribution is -2.10. The van der Waals surface area contributed by atoms with E-state index in [2.05, 4.69) is 32.6 Å². The first-order valence-corrected chi connectivity index (χ1v) is 8.09. The van der Waals surface area contributed by atoms with Crippen LogP contribution in [0.15, 0.2) is 24.3 Å². The van der Waals surface area contributed by atoms with Crippen LogP contribution in [0.1, 0.15) is 72.1 Å². The number of carbonyl (C=O) groups excluding carboxylic acids is 1. The molecule has 0 spiro atoms. The third-order valence-electron chi connectivity index (χ3n) is 3.44. The highest BCUT2D eigenvalue weighted by molar-refractivity contribution is 5.86. The zero-order chi connectivity index (χ0) is 15.2. The van der Waals surface area contributed by atoms with E-state index in [0.717, 1.165) is 12.8 Å². The number of carbonyl (C=O) groups is 1. The summed E-state index contributed by atoms with van der Waals surface area (Å²) in [5.74, 6) is 0.429. The van der Waals surface area contributed by atoms with E-state index in [1.54, 1.807) is 6.92 Å². The van der Waals surface area contributed by atoms with Gasteiger partial charge in [-0.1, -0.05) is 58.3 Å². The molecule has 0 aliphatic carbocycles. The Kier molecular flexibility index (Phi) is 12.3. The van der Waals surface area contributed by atoms with Gasteiger partial charge in [0.15, 0.2) is 0 Å². The Morgan fingerprint density at radius 1 is 1.15 bits per heavy atom. The highest BCUT2D eigenvalue weighted by Gasteiger charge is 2.09. The van der Waals surface area contributed by atoms with Crippen LogP contribution in [0.5, 0.6) is 0 Å². The SMILES string of the molecule is C=C(C)C(=O)OCCC(CCC)CCCCC=CCC. The van der Waals surface area contributed by atoms with E-state index >= 15 is 0 Å². The number of hydrogen-bond donors (Lipinski definition) is 0. The maximum Gasteiger partial charge on any atom is 0.333 e. The number of rotatable bonds is 12. The molecule has 0 heterocycles. The molecule has 0 rings (SSSR count). The summed E-state index contributed by atoms with van der Waals surface area (Å²) >= 11 is 0. The van der Waals surface area contributed by atoms with Gasteiger partial charge in [-0.25, -0.2) is 4.79 Å². The first kappa shape index (κ1) is 18.9. The molecule has 0 aromatic carbocycles. The molecule has 0 aromatic heterocycles. The van der Waals surface area contributed by atoms with Crippen molar-refractivity contribution in [2.45, 2.75) is 72.1 Å². The van der Waals surface area contributed by atoms with E-state index in [0.29, 0.717) is 18.1 Å². The molecule has 0 N–H and O–H groups in total. The molecular weight excluding hydrogens is 248 g/mol. The van der Waals surface area contributed by atoms with E-state index in [4.69, 9.17) is 4.74 Å². The number of allylic oxidation sites excluding steroid dienone is 2. The largest absolute Gasteiger partial charge is 0.462 e. The molecule has 0 aliphatic heterocycles. The Morgan fingerprint density at radius 2 is 1.90 bits per heavy atom. The van der Waals surface area contributed by atoms with Gasteiger partial charge in [0.05, 0.1) is 6.61 Å². The average Bonchev–Trinajstić information content (AvgIpc) is 2.42. The minimum Gasteiger partial charge on any atom is -0.462 e. The van der Waals surface area contributed by atoms with Crippen LogP contribution in [0.2, 0.25) is 0 Å². The van der Waals surface area contributed by atoms with E-state index in [1.165, 1.54) is 38.5 Å².